The number of hydrogen-bond donors (Lipinski definition) is 2. The molecule has 1 amide bonds. The van der Waals surface area contributed by atoms with Crippen molar-refractivity contribution in [1.82, 2.24) is 14.8 Å². The van der Waals surface area contributed by atoms with Gasteiger partial charge in [-0.25, -0.2) is 4.98 Å². The van der Waals surface area contributed by atoms with Crippen LogP contribution in [0.2, 0.25) is 0 Å². The average molecular weight is 516 g/mol. The smallest absolute Gasteiger partial charge is 0.437 e. The van der Waals surface area contributed by atoms with Crippen LogP contribution in [0.1, 0.15) is 74.5 Å². The normalized spacial score (nSPS) is 20.3. The van der Waals surface area contributed by atoms with Gasteiger partial charge in [-0.05, 0) is 74.5 Å². The van der Waals surface area contributed by atoms with Crippen LogP contribution in [0, 0.1) is 17.8 Å². The topological polar surface area (TPSA) is 85.0 Å². The highest BCUT2D eigenvalue weighted by atomic mass is 19.4. The number of halogens is 3. The van der Waals surface area contributed by atoms with Crippen molar-refractivity contribution in [3.05, 3.63) is 48.1 Å². The molecule has 2 saturated carbocycles. The van der Waals surface area contributed by atoms with E-state index in [4.69, 9.17) is 4.42 Å². The Morgan fingerprint density at radius 3 is 2.59 bits per heavy atom. The highest BCUT2D eigenvalue weighted by Gasteiger charge is 2.39. The summed E-state index contributed by atoms with van der Waals surface area (Å²) in [6.07, 6.45) is 5.39. The number of pyridine rings is 1. The largest absolute Gasteiger partial charge is 0.464 e. The lowest BCUT2D eigenvalue weighted by molar-refractivity contribution is -0.141. The fraction of sp³-hybridized carbons (Fsp3) is 0.519. The fourth-order valence-electron chi connectivity index (χ4n) is 4.96. The molecule has 2 fully saturated rings. The number of furan rings is 1. The Bertz CT molecular complexity index is 1240. The zero-order valence-electron chi connectivity index (χ0n) is 21.0. The quantitative estimate of drug-likeness (QED) is 0.337. The van der Waals surface area contributed by atoms with Crippen LogP contribution < -0.4 is 10.6 Å². The minimum atomic E-state index is -4.69. The highest BCUT2D eigenvalue weighted by Crippen LogP contribution is 2.39. The van der Waals surface area contributed by atoms with Crippen molar-refractivity contribution in [3.8, 4) is 11.3 Å². The van der Waals surface area contributed by atoms with Gasteiger partial charge in [-0.2, -0.15) is 18.3 Å². The van der Waals surface area contributed by atoms with Gasteiger partial charge < -0.3 is 15.1 Å². The van der Waals surface area contributed by atoms with E-state index in [9.17, 15) is 18.0 Å². The van der Waals surface area contributed by atoms with E-state index in [-0.39, 0.29) is 17.3 Å². The van der Waals surface area contributed by atoms with E-state index >= 15 is 0 Å². The van der Waals surface area contributed by atoms with Crippen LogP contribution in [0.4, 0.5) is 24.7 Å². The summed E-state index contributed by atoms with van der Waals surface area (Å²) in [6.45, 7) is 5.21. The van der Waals surface area contributed by atoms with Crippen molar-refractivity contribution < 1.29 is 22.4 Å². The molecule has 198 valence electrons. The van der Waals surface area contributed by atoms with Crippen LogP contribution in [0.5, 0.6) is 0 Å². The van der Waals surface area contributed by atoms with E-state index in [1.165, 1.54) is 36.0 Å². The number of nitrogens with zero attached hydrogens (tertiary/aromatic N) is 3. The Balaban J connectivity index is 1.29. The molecular weight excluding hydrogens is 483 g/mol. The second-order valence-corrected chi connectivity index (χ2v) is 10.6. The molecule has 0 spiro atoms. The van der Waals surface area contributed by atoms with Gasteiger partial charge in [-0.15, -0.1) is 0 Å². The Hall–Kier alpha value is -3.30. The van der Waals surface area contributed by atoms with Gasteiger partial charge in [0.2, 0.25) is 0 Å². The second kappa shape index (κ2) is 10.2. The molecule has 3 aromatic heterocycles. The molecule has 37 heavy (non-hydrogen) atoms. The number of hydrogen-bond acceptors (Lipinski definition) is 5. The molecule has 0 aliphatic heterocycles. The average Bonchev–Trinajstić information content (AvgIpc) is 3.38. The van der Waals surface area contributed by atoms with E-state index in [1.54, 1.807) is 12.3 Å². The molecule has 0 radical (unpaired) electrons. The summed E-state index contributed by atoms with van der Waals surface area (Å²) in [5, 5.41) is 9.56. The second-order valence-electron chi connectivity index (χ2n) is 10.6. The summed E-state index contributed by atoms with van der Waals surface area (Å²) in [5.74, 6) is 2.26. The summed E-state index contributed by atoms with van der Waals surface area (Å²) in [6, 6.07) is 4.97. The first-order valence-electron chi connectivity index (χ1n) is 12.9. The van der Waals surface area contributed by atoms with Gasteiger partial charge in [0.15, 0.2) is 5.69 Å². The van der Waals surface area contributed by atoms with Crippen LogP contribution in [0.25, 0.3) is 11.3 Å². The Kier molecular flexibility index (Phi) is 7.00. The predicted molar refractivity (Wildman–Crippen MR) is 134 cm³/mol. The van der Waals surface area contributed by atoms with Gasteiger partial charge in [0, 0.05) is 24.5 Å². The van der Waals surface area contributed by atoms with Crippen molar-refractivity contribution in [3.63, 3.8) is 0 Å². The molecule has 0 saturated heterocycles. The summed E-state index contributed by atoms with van der Waals surface area (Å²) < 4.78 is 48.3. The first kappa shape index (κ1) is 25.4. The third kappa shape index (κ3) is 5.99. The van der Waals surface area contributed by atoms with Gasteiger partial charge >= 0.3 is 6.18 Å². The van der Waals surface area contributed by atoms with Gasteiger partial charge in [0.05, 0.1) is 17.3 Å². The first-order chi connectivity index (χ1) is 17.7. The van der Waals surface area contributed by atoms with Crippen LogP contribution in [-0.2, 0) is 6.18 Å². The molecule has 0 bridgehead atoms. The standard InChI is InChI=1S/C27H32F3N5O2/c1-16(2)18-5-7-21(8-6-18)35-14-22(25(34-35)27(28,29)30)33-26(36)20-11-23(37-15-20)19-9-10-31-24(12-19)32-13-17-3-4-17/h9-12,14-18,21H,3-8,13H2,1-2H3,(H,31,32)(H,33,36)/t18-,21-. The van der Waals surface area contributed by atoms with Crippen molar-refractivity contribution in [2.45, 2.75) is 64.6 Å². The Labute approximate surface area is 213 Å². The molecule has 10 heteroatoms. The van der Waals surface area contributed by atoms with E-state index in [2.05, 4.69) is 34.6 Å². The van der Waals surface area contributed by atoms with E-state index in [1.807, 2.05) is 6.07 Å². The van der Waals surface area contributed by atoms with Gasteiger partial charge in [0.1, 0.15) is 17.8 Å². The molecule has 3 aromatic rings. The zero-order valence-corrected chi connectivity index (χ0v) is 21.0. The van der Waals surface area contributed by atoms with Crippen molar-refractivity contribution >= 4 is 17.4 Å². The number of carbonyl (C=O) groups is 1. The number of aromatic nitrogens is 3. The molecular formula is C27H32F3N5O2. The number of anilines is 2. The number of rotatable bonds is 8. The molecule has 2 aliphatic carbocycles. The summed E-state index contributed by atoms with van der Waals surface area (Å²) in [7, 11) is 0. The maximum absolute atomic E-state index is 13.8. The van der Waals surface area contributed by atoms with Gasteiger partial charge in [0.25, 0.3) is 5.91 Å². The fourth-order valence-corrected chi connectivity index (χ4v) is 4.96. The molecule has 7 nitrogen and oxygen atoms in total. The van der Waals surface area contributed by atoms with Gasteiger partial charge in [-0.1, -0.05) is 13.8 Å². The zero-order chi connectivity index (χ0) is 26.2. The molecule has 0 unspecified atom stereocenters. The van der Waals surface area contributed by atoms with Crippen molar-refractivity contribution in [1.29, 1.82) is 0 Å². The lowest BCUT2D eigenvalue weighted by atomic mass is 9.80. The van der Waals surface area contributed by atoms with Crippen molar-refractivity contribution in [2.75, 3.05) is 17.2 Å². The number of carbonyl (C=O) groups excluding carboxylic acids is 1. The maximum Gasteiger partial charge on any atom is 0.437 e. The minimum Gasteiger partial charge on any atom is -0.464 e. The number of alkyl halides is 3. The first-order valence-corrected chi connectivity index (χ1v) is 12.9. The summed E-state index contributed by atoms with van der Waals surface area (Å²) in [5.41, 5.74) is -0.594. The molecule has 0 aromatic carbocycles. The Morgan fingerprint density at radius 1 is 1.16 bits per heavy atom. The van der Waals surface area contributed by atoms with Crippen LogP contribution in [0.15, 0.2) is 41.3 Å². The minimum absolute atomic E-state index is 0.114. The SMILES string of the molecule is CC(C)[C@H]1CC[C@H](n2cc(NC(=O)c3coc(-c4ccnc(NCC5CC5)c4)c3)c(C(F)(F)F)n2)CC1. The van der Waals surface area contributed by atoms with E-state index < -0.39 is 17.8 Å². The number of nitrogens with one attached hydrogen (secondary N) is 2. The summed E-state index contributed by atoms with van der Waals surface area (Å²) >= 11 is 0. The summed E-state index contributed by atoms with van der Waals surface area (Å²) in [4.78, 5) is 17.2. The van der Waals surface area contributed by atoms with Crippen LogP contribution in [-0.4, -0.2) is 27.2 Å². The lowest BCUT2D eigenvalue weighted by Crippen LogP contribution is -2.22. The molecule has 2 aliphatic rings. The lowest BCUT2D eigenvalue weighted by Gasteiger charge is -2.30. The van der Waals surface area contributed by atoms with Crippen LogP contribution in [0.3, 0.4) is 0 Å². The van der Waals surface area contributed by atoms with Gasteiger partial charge in [-0.3, -0.25) is 9.48 Å². The monoisotopic (exact) mass is 515 g/mol. The molecule has 5 rings (SSSR count). The highest BCUT2D eigenvalue weighted by molar-refractivity contribution is 6.05. The van der Waals surface area contributed by atoms with E-state index in [0.717, 1.165) is 32.2 Å². The molecule has 3 heterocycles. The van der Waals surface area contributed by atoms with Crippen LogP contribution >= 0.6 is 0 Å². The molecule has 2 N–H and O–H groups in total. The Morgan fingerprint density at radius 2 is 1.92 bits per heavy atom. The maximum atomic E-state index is 13.8. The van der Waals surface area contributed by atoms with E-state index in [0.29, 0.717) is 34.9 Å². The third-order valence-electron chi connectivity index (χ3n) is 7.48. The number of amides is 1. The molecule has 0 atom stereocenters. The predicted octanol–water partition coefficient (Wildman–Crippen LogP) is 7.02. The van der Waals surface area contributed by atoms with Crippen molar-refractivity contribution in [2.24, 2.45) is 17.8 Å². The third-order valence-corrected chi connectivity index (χ3v) is 7.48.